The Morgan fingerprint density at radius 3 is 2.36 bits per heavy atom. The van der Waals surface area contributed by atoms with Crippen molar-refractivity contribution >= 4 is 31.9 Å². The fourth-order valence-corrected chi connectivity index (χ4v) is 2.57. The zero-order chi connectivity index (χ0) is 10.2. The highest BCUT2D eigenvalue weighted by Gasteiger charge is 2.54. The van der Waals surface area contributed by atoms with Gasteiger partial charge in [0.15, 0.2) is 0 Å². The summed E-state index contributed by atoms with van der Waals surface area (Å²) in [6, 6.07) is 9.37. The van der Waals surface area contributed by atoms with Crippen molar-refractivity contribution < 1.29 is 9.84 Å². The molecule has 0 saturated carbocycles. The zero-order valence-electron chi connectivity index (χ0n) is 7.41. The number of alkyl halides is 2. The van der Waals surface area contributed by atoms with E-state index in [1.54, 1.807) is 0 Å². The van der Waals surface area contributed by atoms with E-state index < -0.39 is 9.02 Å². The van der Waals surface area contributed by atoms with Crippen molar-refractivity contribution in [3.05, 3.63) is 35.9 Å². The Labute approximate surface area is 99.5 Å². The van der Waals surface area contributed by atoms with E-state index in [1.807, 2.05) is 30.3 Å². The molecule has 4 heteroatoms. The van der Waals surface area contributed by atoms with Crippen molar-refractivity contribution in [3.63, 3.8) is 0 Å². The first-order valence-electron chi connectivity index (χ1n) is 4.36. The number of halogens is 2. The van der Waals surface area contributed by atoms with Crippen molar-refractivity contribution in [3.8, 4) is 0 Å². The zero-order valence-corrected chi connectivity index (χ0v) is 10.6. The van der Waals surface area contributed by atoms with Crippen LogP contribution in [-0.2, 0) is 10.5 Å². The van der Waals surface area contributed by atoms with E-state index in [1.165, 1.54) is 0 Å². The average Bonchev–Trinajstić information content (AvgIpc) is 2.44. The molecule has 0 bridgehead atoms. The lowest BCUT2D eigenvalue weighted by Gasteiger charge is -2.31. The summed E-state index contributed by atoms with van der Waals surface area (Å²) in [7, 11) is 0. The first-order valence-corrected chi connectivity index (χ1v) is 5.94. The van der Waals surface area contributed by atoms with Gasteiger partial charge in [-0.05, 0) is 0 Å². The summed E-state index contributed by atoms with van der Waals surface area (Å²) in [6.07, 6.45) is 0.721. The van der Waals surface area contributed by atoms with Crippen LogP contribution in [0, 0.1) is 0 Å². The summed E-state index contributed by atoms with van der Waals surface area (Å²) in [6.45, 7) is 0.530. The molecule has 76 valence electrons. The lowest BCUT2D eigenvalue weighted by Crippen LogP contribution is -2.39. The lowest BCUT2D eigenvalue weighted by atomic mass is 10.0. The van der Waals surface area contributed by atoms with Gasteiger partial charge in [-0.25, -0.2) is 0 Å². The van der Waals surface area contributed by atoms with Crippen LogP contribution >= 0.6 is 31.9 Å². The van der Waals surface area contributed by atoms with E-state index in [9.17, 15) is 5.11 Å². The fraction of sp³-hybridized carbons (Fsp3) is 0.400. The minimum absolute atomic E-state index is 0.530. The molecule has 1 atom stereocenters. The minimum Gasteiger partial charge on any atom is -0.360 e. The Balaban J connectivity index is 2.42. The predicted octanol–water partition coefficient (Wildman–Crippen LogP) is 2.74. The number of rotatable bonds is 1. The van der Waals surface area contributed by atoms with Gasteiger partial charge in [-0.1, -0.05) is 62.2 Å². The molecule has 1 saturated heterocycles. The third kappa shape index (κ3) is 1.54. The number of hydrogen-bond acceptors (Lipinski definition) is 2. The fourth-order valence-electron chi connectivity index (χ4n) is 1.56. The van der Waals surface area contributed by atoms with Crippen molar-refractivity contribution in [1.82, 2.24) is 0 Å². The van der Waals surface area contributed by atoms with Crippen LogP contribution in [0.2, 0.25) is 0 Å². The highest BCUT2D eigenvalue weighted by molar-refractivity contribution is 9.25. The Hall–Kier alpha value is 0.1000. The Morgan fingerprint density at radius 2 is 1.86 bits per heavy atom. The summed E-state index contributed by atoms with van der Waals surface area (Å²) >= 11 is 6.89. The number of ether oxygens (including phenoxy) is 1. The number of aliphatic hydroxyl groups is 1. The largest absolute Gasteiger partial charge is 0.360 e. The van der Waals surface area contributed by atoms with Crippen LogP contribution in [0.15, 0.2) is 30.3 Å². The van der Waals surface area contributed by atoms with Gasteiger partial charge in [-0.2, -0.15) is 0 Å². The molecule has 1 N–H and O–H groups in total. The van der Waals surface area contributed by atoms with E-state index >= 15 is 0 Å². The molecule has 1 aromatic carbocycles. The van der Waals surface area contributed by atoms with Gasteiger partial charge in [-0.15, -0.1) is 0 Å². The summed E-state index contributed by atoms with van der Waals surface area (Å²) in [5, 5.41) is 10.4. The minimum atomic E-state index is -1.28. The molecule has 0 spiro atoms. The van der Waals surface area contributed by atoms with Gasteiger partial charge in [0.1, 0.15) is 3.23 Å². The SMILES string of the molecule is O[C@]1(c2ccccc2)OCCC1(Br)Br. The molecular formula is C10H10Br2O2. The molecule has 1 aliphatic heterocycles. The van der Waals surface area contributed by atoms with Crippen molar-refractivity contribution in [1.29, 1.82) is 0 Å². The van der Waals surface area contributed by atoms with E-state index in [4.69, 9.17) is 4.74 Å². The maximum atomic E-state index is 10.4. The summed E-state index contributed by atoms with van der Waals surface area (Å²) < 4.78 is 4.81. The third-order valence-electron chi connectivity index (χ3n) is 2.39. The second-order valence-corrected chi connectivity index (χ2v) is 7.08. The van der Waals surface area contributed by atoms with Crippen molar-refractivity contribution in [2.45, 2.75) is 15.4 Å². The molecule has 0 amide bonds. The molecule has 0 radical (unpaired) electrons. The molecule has 14 heavy (non-hydrogen) atoms. The van der Waals surface area contributed by atoms with Crippen LogP contribution in [0.3, 0.4) is 0 Å². The summed E-state index contributed by atoms with van der Waals surface area (Å²) in [4.78, 5) is 0. The van der Waals surface area contributed by atoms with Crippen LogP contribution in [0.4, 0.5) is 0 Å². The first-order chi connectivity index (χ1) is 6.56. The maximum absolute atomic E-state index is 10.4. The van der Waals surface area contributed by atoms with E-state index in [-0.39, 0.29) is 0 Å². The Morgan fingerprint density at radius 1 is 1.21 bits per heavy atom. The van der Waals surface area contributed by atoms with Crippen LogP contribution in [-0.4, -0.2) is 14.9 Å². The van der Waals surface area contributed by atoms with Gasteiger partial charge in [0.2, 0.25) is 5.79 Å². The first kappa shape index (κ1) is 10.6. The average molecular weight is 322 g/mol. The maximum Gasteiger partial charge on any atom is 0.218 e. The predicted molar refractivity (Wildman–Crippen MR) is 61.5 cm³/mol. The molecule has 0 aliphatic carbocycles. The van der Waals surface area contributed by atoms with Crippen molar-refractivity contribution in [2.75, 3.05) is 6.61 Å². The number of benzene rings is 1. The molecule has 0 unspecified atom stereocenters. The number of hydrogen-bond donors (Lipinski definition) is 1. The van der Waals surface area contributed by atoms with Gasteiger partial charge < -0.3 is 9.84 Å². The molecule has 0 aromatic heterocycles. The van der Waals surface area contributed by atoms with E-state index in [2.05, 4.69) is 31.9 Å². The van der Waals surface area contributed by atoms with Gasteiger partial charge in [0.05, 0.1) is 6.61 Å². The van der Waals surface area contributed by atoms with Crippen LogP contribution in [0.25, 0.3) is 0 Å². The molecule has 2 rings (SSSR count). The van der Waals surface area contributed by atoms with E-state index in [0.29, 0.717) is 6.61 Å². The molecule has 1 aliphatic rings. The van der Waals surface area contributed by atoms with Crippen LogP contribution in [0.1, 0.15) is 12.0 Å². The Kier molecular flexibility index (Phi) is 2.72. The quantitative estimate of drug-likeness (QED) is 0.806. The highest BCUT2D eigenvalue weighted by atomic mass is 79.9. The van der Waals surface area contributed by atoms with E-state index in [0.717, 1.165) is 12.0 Å². The van der Waals surface area contributed by atoms with Gasteiger partial charge >= 0.3 is 0 Å². The lowest BCUT2D eigenvalue weighted by molar-refractivity contribution is -0.178. The summed E-state index contributed by atoms with van der Waals surface area (Å²) in [5.41, 5.74) is 0.756. The highest BCUT2D eigenvalue weighted by Crippen LogP contribution is 2.51. The summed E-state index contributed by atoms with van der Waals surface area (Å²) in [5.74, 6) is -1.28. The van der Waals surface area contributed by atoms with Gasteiger partial charge in [-0.3, -0.25) is 0 Å². The molecule has 1 fully saturated rings. The molecular weight excluding hydrogens is 312 g/mol. The third-order valence-corrected chi connectivity index (χ3v) is 4.26. The van der Waals surface area contributed by atoms with Crippen molar-refractivity contribution in [2.24, 2.45) is 0 Å². The Bertz CT molecular complexity index is 326. The molecule has 1 heterocycles. The smallest absolute Gasteiger partial charge is 0.218 e. The molecule has 2 nitrogen and oxygen atoms in total. The standard InChI is InChI=1S/C10H10Br2O2/c11-9(12)6-7-14-10(9,13)8-4-2-1-3-5-8/h1-5,13H,6-7H2/t10-/m1/s1. The second-order valence-electron chi connectivity index (χ2n) is 3.31. The molecule has 1 aromatic rings. The second kappa shape index (κ2) is 3.59. The van der Waals surface area contributed by atoms with Crippen LogP contribution in [0.5, 0.6) is 0 Å². The van der Waals surface area contributed by atoms with Crippen LogP contribution < -0.4 is 0 Å². The van der Waals surface area contributed by atoms with Gasteiger partial charge in [0, 0.05) is 12.0 Å². The monoisotopic (exact) mass is 320 g/mol. The normalized spacial score (nSPS) is 30.5. The van der Waals surface area contributed by atoms with Gasteiger partial charge in [0.25, 0.3) is 0 Å². The topological polar surface area (TPSA) is 29.5 Å².